The molecule has 4 atom stereocenters. The van der Waals surface area contributed by atoms with E-state index in [-0.39, 0.29) is 17.5 Å². The number of H-pyrrole nitrogens is 1. The van der Waals surface area contributed by atoms with Crippen molar-refractivity contribution in [2.24, 2.45) is 0 Å². The Balaban J connectivity index is 1.36. The van der Waals surface area contributed by atoms with E-state index >= 15 is 0 Å². The van der Waals surface area contributed by atoms with E-state index in [0.29, 0.717) is 23.6 Å². The average molecular weight is 461 g/mol. The summed E-state index contributed by atoms with van der Waals surface area (Å²) in [5.74, 6) is 0.109. The number of aliphatic hydroxyl groups is 3. The number of ether oxygens (including phenoxy) is 2. The van der Waals surface area contributed by atoms with Gasteiger partial charge in [-0.25, -0.2) is 4.98 Å². The molecule has 0 unspecified atom stereocenters. The van der Waals surface area contributed by atoms with Gasteiger partial charge >= 0.3 is 6.01 Å². The van der Waals surface area contributed by atoms with Crippen molar-refractivity contribution < 1.29 is 24.8 Å². The van der Waals surface area contributed by atoms with E-state index in [0.717, 1.165) is 16.5 Å². The van der Waals surface area contributed by atoms with Gasteiger partial charge in [-0.3, -0.25) is 4.57 Å². The van der Waals surface area contributed by atoms with Crippen molar-refractivity contribution in [1.29, 1.82) is 0 Å². The molecule has 4 aromatic rings. The van der Waals surface area contributed by atoms with Crippen LogP contribution >= 0.6 is 11.6 Å². The number of imidazole rings is 1. The predicted octanol–water partition coefficient (Wildman–Crippen LogP) is 0.776. The van der Waals surface area contributed by atoms with Gasteiger partial charge in [0, 0.05) is 28.5 Å². The van der Waals surface area contributed by atoms with Gasteiger partial charge in [-0.05, 0) is 17.7 Å². The average Bonchev–Trinajstić information content (AvgIpc) is 3.45. The van der Waals surface area contributed by atoms with Gasteiger partial charge in [0.2, 0.25) is 0 Å². The quantitative estimate of drug-likeness (QED) is 0.279. The smallest absolute Gasteiger partial charge is 0.320 e. The van der Waals surface area contributed by atoms with Gasteiger partial charge in [-0.15, -0.1) is 0 Å². The van der Waals surface area contributed by atoms with Crippen LogP contribution in [0.4, 0.5) is 5.82 Å². The molecular weight excluding hydrogens is 440 g/mol. The minimum Gasteiger partial charge on any atom is -0.463 e. The molecule has 0 bridgehead atoms. The highest BCUT2D eigenvalue weighted by Crippen LogP contribution is 2.32. The van der Waals surface area contributed by atoms with Gasteiger partial charge < -0.3 is 35.5 Å². The topological polar surface area (TPSA) is 165 Å². The van der Waals surface area contributed by atoms with E-state index in [9.17, 15) is 15.3 Å². The molecule has 168 valence electrons. The number of nitrogens with one attached hydrogen (secondary N) is 1. The summed E-state index contributed by atoms with van der Waals surface area (Å²) in [5, 5.41) is 31.4. The first-order valence-electron chi connectivity index (χ1n) is 9.97. The SMILES string of the molecule is Nc1nc(OCCc2c[nH]c3cc(Cl)ccc23)nc2c1ncn2[C@@H]1O[C@H](CO)[C@@H](O)[C@H]1O. The Hall–Kier alpha value is -2.96. The van der Waals surface area contributed by atoms with Crippen LogP contribution in [0.1, 0.15) is 11.8 Å². The number of benzene rings is 1. The van der Waals surface area contributed by atoms with Crippen molar-refractivity contribution >= 4 is 39.5 Å². The van der Waals surface area contributed by atoms with Gasteiger partial charge in [-0.2, -0.15) is 9.97 Å². The van der Waals surface area contributed by atoms with Crippen molar-refractivity contribution in [2.45, 2.75) is 31.0 Å². The van der Waals surface area contributed by atoms with E-state index < -0.39 is 31.1 Å². The molecular formula is C20H21ClN6O5. The van der Waals surface area contributed by atoms with Crippen molar-refractivity contribution in [3.8, 4) is 6.01 Å². The lowest BCUT2D eigenvalue weighted by molar-refractivity contribution is -0.0511. The van der Waals surface area contributed by atoms with Crippen molar-refractivity contribution in [3.63, 3.8) is 0 Å². The largest absolute Gasteiger partial charge is 0.463 e. The zero-order valence-electron chi connectivity index (χ0n) is 16.7. The van der Waals surface area contributed by atoms with Crippen LogP contribution in [0.25, 0.3) is 22.1 Å². The minimum atomic E-state index is -1.28. The minimum absolute atomic E-state index is 0.0476. The number of nitrogens with zero attached hydrogens (tertiary/aromatic N) is 4. The van der Waals surface area contributed by atoms with E-state index in [2.05, 4.69) is 19.9 Å². The molecule has 11 nitrogen and oxygen atoms in total. The molecule has 1 saturated heterocycles. The second-order valence-corrected chi connectivity index (χ2v) is 7.98. The van der Waals surface area contributed by atoms with Crippen LogP contribution in [0.2, 0.25) is 5.02 Å². The fourth-order valence-corrected chi connectivity index (χ4v) is 4.07. The Morgan fingerprint density at radius 1 is 1.25 bits per heavy atom. The Morgan fingerprint density at radius 2 is 2.09 bits per heavy atom. The molecule has 0 amide bonds. The first-order chi connectivity index (χ1) is 15.5. The molecule has 6 N–H and O–H groups in total. The summed E-state index contributed by atoms with van der Waals surface area (Å²) in [6.45, 7) is -0.143. The van der Waals surface area contributed by atoms with Crippen molar-refractivity contribution in [3.05, 3.63) is 41.3 Å². The summed E-state index contributed by atoms with van der Waals surface area (Å²) in [6, 6.07) is 5.69. The molecule has 0 saturated carbocycles. The number of hydrogen-bond donors (Lipinski definition) is 5. The first-order valence-corrected chi connectivity index (χ1v) is 10.3. The predicted molar refractivity (Wildman–Crippen MR) is 115 cm³/mol. The zero-order valence-corrected chi connectivity index (χ0v) is 17.5. The molecule has 0 aliphatic carbocycles. The lowest BCUT2D eigenvalue weighted by Crippen LogP contribution is -2.33. The van der Waals surface area contributed by atoms with E-state index in [1.807, 2.05) is 24.4 Å². The highest BCUT2D eigenvalue weighted by molar-refractivity contribution is 6.31. The molecule has 0 spiro atoms. The highest BCUT2D eigenvalue weighted by Gasteiger charge is 2.44. The summed E-state index contributed by atoms with van der Waals surface area (Å²) in [5.41, 5.74) is 8.61. The number of nitrogen functional groups attached to an aromatic ring is 1. The molecule has 5 rings (SSSR count). The van der Waals surface area contributed by atoms with Crippen LogP contribution in [0.15, 0.2) is 30.7 Å². The molecule has 1 aliphatic heterocycles. The number of aromatic amines is 1. The third-order valence-corrected chi connectivity index (χ3v) is 5.79. The Morgan fingerprint density at radius 3 is 2.88 bits per heavy atom. The third kappa shape index (κ3) is 3.53. The molecule has 0 radical (unpaired) electrons. The molecule has 4 heterocycles. The van der Waals surface area contributed by atoms with Gasteiger partial charge in [-0.1, -0.05) is 17.7 Å². The Labute approximate surface area is 186 Å². The first kappa shape index (κ1) is 20.9. The summed E-state index contributed by atoms with van der Waals surface area (Å²) < 4.78 is 12.7. The van der Waals surface area contributed by atoms with Crippen LogP contribution in [0.3, 0.4) is 0 Å². The zero-order chi connectivity index (χ0) is 22.4. The maximum atomic E-state index is 10.3. The number of nitrogens with two attached hydrogens (primary N) is 1. The lowest BCUT2D eigenvalue weighted by atomic mass is 10.1. The van der Waals surface area contributed by atoms with Gasteiger partial charge in [0.05, 0.1) is 19.5 Å². The molecule has 32 heavy (non-hydrogen) atoms. The number of fused-ring (bicyclic) bond motifs is 2. The summed E-state index contributed by atoms with van der Waals surface area (Å²) in [7, 11) is 0. The number of aromatic nitrogens is 5. The van der Waals surface area contributed by atoms with Crippen LogP contribution in [-0.2, 0) is 11.2 Å². The fourth-order valence-electron chi connectivity index (χ4n) is 3.90. The monoisotopic (exact) mass is 460 g/mol. The van der Waals surface area contributed by atoms with Gasteiger partial charge in [0.25, 0.3) is 0 Å². The van der Waals surface area contributed by atoms with Crippen LogP contribution in [-0.4, -0.2) is 71.3 Å². The molecule has 1 aliphatic rings. The number of aliphatic hydroxyl groups excluding tert-OH is 3. The number of rotatable bonds is 6. The normalized spacial score (nSPS) is 23.4. The van der Waals surface area contributed by atoms with Crippen LogP contribution < -0.4 is 10.5 Å². The summed E-state index contributed by atoms with van der Waals surface area (Å²) >= 11 is 6.03. The molecule has 1 aromatic carbocycles. The second kappa shape index (κ2) is 8.19. The van der Waals surface area contributed by atoms with E-state index in [1.165, 1.54) is 10.9 Å². The molecule has 3 aromatic heterocycles. The number of hydrogen-bond acceptors (Lipinski definition) is 9. The van der Waals surface area contributed by atoms with Crippen molar-refractivity contribution in [2.75, 3.05) is 18.9 Å². The number of halogens is 1. The second-order valence-electron chi connectivity index (χ2n) is 7.55. The third-order valence-electron chi connectivity index (χ3n) is 5.55. The van der Waals surface area contributed by atoms with E-state index in [4.69, 9.17) is 26.8 Å². The fraction of sp³-hybridized carbons (Fsp3) is 0.350. The highest BCUT2D eigenvalue weighted by atomic mass is 35.5. The maximum Gasteiger partial charge on any atom is 0.320 e. The number of anilines is 1. The lowest BCUT2D eigenvalue weighted by Gasteiger charge is -2.16. The van der Waals surface area contributed by atoms with Crippen LogP contribution in [0, 0.1) is 0 Å². The van der Waals surface area contributed by atoms with Crippen molar-refractivity contribution in [1.82, 2.24) is 24.5 Å². The van der Waals surface area contributed by atoms with Gasteiger partial charge in [0.1, 0.15) is 18.3 Å². The molecule has 12 heteroatoms. The molecule has 1 fully saturated rings. The standard InChI is InChI=1S/C20H21ClN6O5/c21-10-1-2-11-9(6-23-12(11)5-10)3-4-31-20-25-17(22)14-18(26-20)27(8-24-14)19-16(30)15(29)13(7-28)32-19/h1-2,5-6,8,13,15-16,19,23,28-30H,3-4,7H2,(H2,22,25,26)/t13-,15-,16-,19-/m1/s1. The Kier molecular flexibility index (Phi) is 5.35. The van der Waals surface area contributed by atoms with E-state index in [1.54, 1.807) is 0 Å². The van der Waals surface area contributed by atoms with Gasteiger partial charge in [0.15, 0.2) is 23.2 Å². The summed E-state index contributed by atoms with van der Waals surface area (Å²) in [4.78, 5) is 15.9. The maximum absolute atomic E-state index is 10.3. The summed E-state index contributed by atoms with van der Waals surface area (Å²) in [6.07, 6.45) is -0.558. The Bertz CT molecular complexity index is 1280. The van der Waals surface area contributed by atoms with Crippen LogP contribution in [0.5, 0.6) is 6.01 Å².